The molecule has 1 aliphatic heterocycles. The lowest BCUT2D eigenvalue weighted by atomic mass is 9.83. The minimum atomic E-state index is -0.905. The Hall–Kier alpha value is -3.99. The van der Waals surface area contributed by atoms with Crippen LogP contribution in [0.2, 0.25) is 0 Å². The fraction of sp³-hybridized carbons (Fsp3) is 0.370. The maximum Gasteiger partial charge on any atom is 0.247 e. The molecule has 178 valence electrons. The molecule has 1 aliphatic carbocycles. The summed E-state index contributed by atoms with van der Waals surface area (Å²) in [5, 5.41) is 17.1. The lowest BCUT2D eigenvalue weighted by molar-refractivity contribution is -0.123. The number of benzene rings is 1. The van der Waals surface area contributed by atoms with Crippen molar-refractivity contribution in [3.05, 3.63) is 59.5 Å². The summed E-state index contributed by atoms with van der Waals surface area (Å²) in [7, 11) is 1.89. The molecule has 0 radical (unpaired) electrons. The maximum absolute atomic E-state index is 13.2. The van der Waals surface area contributed by atoms with Crippen molar-refractivity contribution < 1.29 is 9.59 Å². The summed E-state index contributed by atoms with van der Waals surface area (Å²) in [6.45, 7) is 4.30. The van der Waals surface area contributed by atoms with Crippen LogP contribution in [0.25, 0.3) is 11.1 Å². The average molecular weight is 469 g/mol. The van der Waals surface area contributed by atoms with Gasteiger partial charge in [0.15, 0.2) is 0 Å². The Labute approximate surface area is 204 Å². The number of carbonyl (C=O) groups excluding carboxylic acids is 2. The van der Waals surface area contributed by atoms with Crippen LogP contribution in [0.3, 0.4) is 0 Å². The lowest BCUT2D eigenvalue weighted by Gasteiger charge is -2.21. The van der Waals surface area contributed by atoms with Crippen molar-refractivity contribution >= 4 is 23.3 Å². The Balaban J connectivity index is 1.31. The topological polar surface area (TPSA) is 104 Å². The number of hydrogen-bond donors (Lipinski definition) is 1. The summed E-state index contributed by atoms with van der Waals surface area (Å²) in [4.78, 5) is 32.2. The summed E-state index contributed by atoms with van der Waals surface area (Å²) >= 11 is 0. The molecule has 3 heterocycles. The maximum atomic E-state index is 13.2. The van der Waals surface area contributed by atoms with E-state index < -0.39 is 5.41 Å². The van der Waals surface area contributed by atoms with Gasteiger partial charge in [-0.2, -0.15) is 10.4 Å². The van der Waals surface area contributed by atoms with Gasteiger partial charge >= 0.3 is 0 Å². The Morgan fingerprint density at radius 3 is 2.74 bits per heavy atom. The van der Waals surface area contributed by atoms with Crippen molar-refractivity contribution in [1.29, 1.82) is 5.26 Å². The third kappa shape index (κ3) is 4.30. The van der Waals surface area contributed by atoms with E-state index in [2.05, 4.69) is 21.5 Å². The van der Waals surface area contributed by atoms with Gasteiger partial charge < -0.3 is 10.2 Å². The zero-order chi connectivity index (χ0) is 24.7. The molecule has 5 rings (SSSR count). The quantitative estimate of drug-likeness (QED) is 0.590. The number of nitriles is 1. The molecule has 2 aliphatic rings. The number of aryl methyl sites for hydroxylation is 3. The Bertz CT molecular complexity index is 1370. The number of rotatable bonds is 6. The predicted octanol–water partition coefficient (Wildman–Crippen LogP) is 3.94. The van der Waals surface area contributed by atoms with Gasteiger partial charge in [-0.3, -0.25) is 14.3 Å². The first-order valence-electron chi connectivity index (χ1n) is 11.9. The smallest absolute Gasteiger partial charge is 0.247 e. The molecule has 35 heavy (non-hydrogen) atoms. The van der Waals surface area contributed by atoms with Crippen LogP contribution in [0, 0.1) is 36.5 Å². The molecule has 2 aromatic heterocycles. The Morgan fingerprint density at radius 1 is 1.26 bits per heavy atom. The van der Waals surface area contributed by atoms with Gasteiger partial charge in [0.2, 0.25) is 11.8 Å². The molecule has 1 N–H and O–H groups in total. The van der Waals surface area contributed by atoms with E-state index >= 15 is 0 Å². The van der Waals surface area contributed by atoms with E-state index in [0.29, 0.717) is 30.2 Å². The molecule has 1 aromatic carbocycles. The van der Waals surface area contributed by atoms with Crippen molar-refractivity contribution in [3.63, 3.8) is 0 Å². The fourth-order valence-electron chi connectivity index (χ4n) is 5.11. The minimum absolute atomic E-state index is 0.132. The number of anilines is 2. The Morgan fingerprint density at radius 2 is 2.06 bits per heavy atom. The van der Waals surface area contributed by atoms with Crippen molar-refractivity contribution in [2.24, 2.45) is 18.4 Å². The standard InChI is InChI=1S/C27H28N6O2/c1-17-11-22(33-10-9-27(16-28,26(33)35)21-7-8-21)14-24(29-17)30-25(34)13-19-5-4-6-20(12-19)23-15-32(3)31-18(23)2/h4-6,11-12,14-15,21H,7-10,13H2,1-3H3,(H,29,30,34)/t27-/m1/s1. The van der Waals surface area contributed by atoms with Gasteiger partial charge in [0.1, 0.15) is 11.2 Å². The summed E-state index contributed by atoms with van der Waals surface area (Å²) in [6.07, 6.45) is 4.58. The molecule has 1 saturated heterocycles. The van der Waals surface area contributed by atoms with Crippen LogP contribution in [-0.2, 0) is 23.1 Å². The first kappa shape index (κ1) is 22.8. The summed E-state index contributed by atoms with van der Waals surface area (Å²) in [5.41, 5.74) is 4.33. The summed E-state index contributed by atoms with van der Waals surface area (Å²) < 4.78 is 1.78. The number of nitrogens with one attached hydrogen (secondary N) is 1. The van der Waals surface area contributed by atoms with Gasteiger partial charge in [0, 0.05) is 42.8 Å². The number of hydrogen-bond acceptors (Lipinski definition) is 5. The zero-order valence-corrected chi connectivity index (χ0v) is 20.2. The SMILES string of the molecule is Cc1cc(N2CC[C@@](C#N)(C3CC3)C2=O)cc(NC(=O)Cc2cccc(-c3cn(C)nc3C)c2)n1. The van der Waals surface area contributed by atoms with Crippen LogP contribution >= 0.6 is 0 Å². The van der Waals surface area contributed by atoms with E-state index in [1.165, 1.54) is 0 Å². The first-order chi connectivity index (χ1) is 16.8. The van der Waals surface area contributed by atoms with Crippen LogP contribution in [-0.4, -0.2) is 33.1 Å². The largest absolute Gasteiger partial charge is 0.311 e. The summed E-state index contributed by atoms with van der Waals surface area (Å²) in [6, 6.07) is 13.7. The third-order valence-corrected chi connectivity index (χ3v) is 6.96. The van der Waals surface area contributed by atoms with Crippen LogP contribution in [0.4, 0.5) is 11.5 Å². The number of aromatic nitrogens is 3. The number of nitrogens with zero attached hydrogens (tertiary/aromatic N) is 5. The number of pyridine rings is 1. The molecule has 2 amide bonds. The highest BCUT2D eigenvalue weighted by Crippen LogP contribution is 2.52. The normalized spacial score (nSPS) is 19.6. The van der Waals surface area contributed by atoms with Gasteiger partial charge in [0.25, 0.3) is 0 Å². The molecule has 0 spiro atoms. The van der Waals surface area contributed by atoms with Crippen molar-refractivity contribution in [2.75, 3.05) is 16.8 Å². The highest BCUT2D eigenvalue weighted by atomic mass is 16.2. The lowest BCUT2D eigenvalue weighted by Crippen LogP contribution is -2.35. The average Bonchev–Trinajstić information content (AvgIpc) is 3.53. The predicted molar refractivity (Wildman–Crippen MR) is 132 cm³/mol. The van der Waals surface area contributed by atoms with Crippen LogP contribution in [0.5, 0.6) is 0 Å². The fourth-order valence-corrected chi connectivity index (χ4v) is 5.11. The van der Waals surface area contributed by atoms with Gasteiger partial charge in [-0.05, 0) is 56.2 Å². The molecule has 3 aromatic rings. The van der Waals surface area contributed by atoms with Gasteiger partial charge in [-0.1, -0.05) is 24.3 Å². The molecule has 8 nitrogen and oxygen atoms in total. The number of amides is 2. The van der Waals surface area contributed by atoms with E-state index in [-0.39, 0.29) is 24.2 Å². The first-order valence-corrected chi connectivity index (χ1v) is 11.9. The van der Waals surface area contributed by atoms with E-state index in [1.807, 2.05) is 57.4 Å². The highest BCUT2D eigenvalue weighted by molar-refractivity contribution is 6.02. The van der Waals surface area contributed by atoms with Gasteiger partial charge in [-0.25, -0.2) is 4.98 Å². The van der Waals surface area contributed by atoms with E-state index in [1.54, 1.807) is 15.6 Å². The molecule has 1 saturated carbocycles. The van der Waals surface area contributed by atoms with Crippen molar-refractivity contribution in [1.82, 2.24) is 14.8 Å². The molecular weight excluding hydrogens is 440 g/mol. The molecule has 0 bridgehead atoms. The van der Waals surface area contributed by atoms with Crippen LogP contribution in [0.15, 0.2) is 42.6 Å². The molecule has 2 fully saturated rings. The van der Waals surface area contributed by atoms with Crippen molar-refractivity contribution in [3.8, 4) is 17.2 Å². The third-order valence-electron chi connectivity index (χ3n) is 6.96. The molecule has 8 heteroatoms. The number of carbonyl (C=O) groups is 2. The second-order valence-corrected chi connectivity index (χ2v) is 9.64. The van der Waals surface area contributed by atoms with Crippen molar-refractivity contribution in [2.45, 2.75) is 39.5 Å². The Kier molecular flexibility index (Phi) is 5.64. The zero-order valence-electron chi connectivity index (χ0n) is 20.2. The minimum Gasteiger partial charge on any atom is -0.311 e. The monoisotopic (exact) mass is 468 g/mol. The van der Waals surface area contributed by atoms with E-state index in [9.17, 15) is 14.9 Å². The van der Waals surface area contributed by atoms with Gasteiger partial charge in [0.05, 0.1) is 18.2 Å². The molecular formula is C27H28N6O2. The highest BCUT2D eigenvalue weighted by Gasteiger charge is 2.56. The van der Waals surface area contributed by atoms with Crippen LogP contribution < -0.4 is 10.2 Å². The molecule has 0 unspecified atom stereocenters. The van der Waals surface area contributed by atoms with Crippen LogP contribution in [0.1, 0.15) is 36.2 Å². The van der Waals surface area contributed by atoms with E-state index in [0.717, 1.165) is 35.2 Å². The van der Waals surface area contributed by atoms with Gasteiger partial charge in [-0.15, -0.1) is 0 Å². The summed E-state index contributed by atoms with van der Waals surface area (Å²) in [5.74, 6) is 0.246. The van der Waals surface area contributed by atoms with E-state index in [4.69, 9.17) is 0 Å². The molecule has 1 atom stereocenters. The second-order valence-electron chi connectivity index (χ2n) is 9.64. The second kappa shape index (κ2) is 8.66.